The number of fused-ring (bicyclic) bond motifs is 1. The molecule has 0 fully saturated rings. The number of hydrogen-bond donors (Lipinski definition) is 4. The number of Topliss-reactive ketones (excluding diaryl/α,β-unsaturated/α-hetero) is 1. The number of carbonyl (C=O) groups is 2. The van der Waals surface area contributed by atoms with E-state index in [1.165, 1.54) is 6.92 Å². The number of aliphatic hydroxyl groups is 2. The number of benzene rings is 1. The highest BCUT2D eigenvalue weighted by Crippen LogP contribution is 2.34. The van der Waals surface area contributed by atoms with Crippen LogP contribution < -0.4 is 4.74 Å². The molecule has 1 aliphatic heterocycles. The van der Waals surface area contributed by atoms with E-state index in [4.69, 9.17) is 9.47 Å². The molecule has 2 rings (SSSR count). The third-order valence-corrected chi connectivity index (χ3v) is 3.75. The Balaban J connectivity index is 2.38. The molecule has 0 unspecified atom stereocenters. The van der Waals surface area contributed by atoms with Gasteiger partial charge in [-0.1, -0.05) is 0 Å². The maximum absolute atomic E-state index is 13.8. The maximum Gasteiger partial charge on any atom is 0.346 e. The molecule has 26 heavy (non-hydrogen) atoms. The average molecular weight is 370 g/mol. The van der Waals surface area contributed by atoms with E-state index in [1.54, 1.807) is 0 Å². The number of hydrogen-bond acceptors (Lipinski definition) is 8. The molecule has 1 aromatic rings. The van der Waals surface area contributed by atoms with Crippen molar-refractivity contribution in [1.29, 1.82) is 0 Å². The molecule has 0 radical (unpaired) electrons. The van der Waals surface area contributed by atoms with Gasteiger partial charge in [-0.15, -0.1) is 0 Å². The standard InChI is InChI=1S/C17H19FO8/c1-8-2-3-10(18)15(22)16(23)11(20)4-5-25-13-7-9(19)6-12(21)14(13)17(24)26-8/h3,6-8,11,16,19-21,23H,2,4-5H2,1H3/b10-3+/t8-,11-,16-/m0/s1. The zero-order valence-corrected chi connectivity index (χ0v) is 13.9. The van der Waals surface area contributed by atoms with E-state index in [-0.39, 0.29) is 36.5 Å². The van der Waals surface area contributed by atoms with Gasteiger partial charge in [0.2, 0.25) is 5.78 Å². The number of rotatable bonds is 0. The minimum Gasteiger partial charge on any atom is -0.508 e. The van der Waals surface area contributed by atoms with Crippen LogP contribution >= 0.6 is 0 Å². The largest absolute Gasteiger partial charge is 0.508 e. The van der Waals surface area contributed by atoms with E-state index in [0.717, 1.165) is 18.2 Å². The summed E-state index contributed by atoms with van der Waals surface area (Å²) in [5.74, 6) is -4.67. The van der Waals surface area contributed by atoms with Gasteiger partial charge in [-0.2, -0.15) is 0 Å². The number of ether oxygens (including phenoxy) is 2. The molecule has 4 N–H and O–H groups in total. The summed E-state index contributed by atoms with van der Waals surface area (Å²) in [7, 11) is 0. The van der Waals surface area contributed by atoms with Crippen LogP contribution in [0.3, 0.4) is 0 Å². The molecule has 3 atom stereocenters. The number of carbonyl (C=O) groups excluding carboxylic acids is 2. The molecule has 1 aromatic carbocycles. The Morgan fingerprint density at radius 1 is 1.19 bits per heavy atom. The molecule has 0 bridgehead atoms. The van der Waals surface area contributed by atoms with Crippen molar-refractivity contribution < 1.29 is 43.9 Å². The number of ketones is 1. The molecule has 0 amide bonds. The fraction of sp³-hybridized carbons (Fsp3) is 0.412. The summed E-state index contributed by atoms with van der Waals surface area (Å²) in [6, 6.07) is 1.99. The molecular weight excluding hydrogens is 351 g/mol. The van der Waals surface area contributed by atoms with Gasteiger partial charge in [0.25, 0.3) is 0 Å². The van der Waals surface area contributed by atoms with Crippen molar-refractivity contribution in [3.05, 3.63) is 29.6 Å². The molecule has 0 spiro atoms. The smallest absolute Gasteiger partial charge is 0.346 e. The summed E-state index contributed by atoms with van der Waals surface area (Å²) in [5, 5.41) is 39.0. The number of phenolic OH excluding ortho intramolecular Hbond substituents is 2. The molecule has 0 aromatic heterocycles. The van der Waals surface area contributed by atoms with Crippen LogP contribution in [0.4, 0.5) is 4.39 Å². The average Bonchev–Trinajstić information content (AvgIpc) is 2.56. The molecule has 1 aliphatic rings. The fourth-order valence-corrected chi connectivity index (χ4v) is 2.33. The normalized spacial score (nSPS) is 27.4. The summed E-state index contributed by atoms with van der Waals surface area (Å²) in [5.41, 5.74) is -0.345. The number of halogens is 1. The minimum atomic E-state index is -1.98. The van der Waals surface area contributed by atoms with E-state index in [1.807, 2.05) is 0 Å². The van der Waals surface area contributed by atoms with Crippen LogP contribution in [0.5, 0.6) is 17.2 Å². The zero-order valence-electron chi connectivity index (χ0n) is 13.9. The third kappa shape index (κ3) is 4.50. The Morgan fingerprint density at radius 3 is 2.58 bits per heavy atom. The molecule has 0 saturated carbocycles. The number of aliphatic hydroxyl groups excluding tert-OH is 2. The Bertz CT molecular complexity index is 730. The summed E-state index contributed by atoms with van der Waals surface area (Å²) >= 11 is 0. The van der Waals surface area contributed by atoms with E-state index < -0.39 is 41.6 Å². The Labute approximate surface area is 148 Å². The first-order chi connectivity index (χ1) is 12.2. The van der Waals surface area contributed by atoms with Gasteiger partial charge < -0.3 is 29.9 Å². The van der Waals surface area contributed by atoms with Gasteiger partial charge in [-0.05, 0) is 13.0 Å². The van der Waals surface area contributed by atoms with Gasteiger partial charge in [-0.3, -0.25) is 4.79 Å². The van der Waals surface area contributed by atoms with Crippen molar-refractivity contribution in [1.82, 2.24) is 0 Å². The summed E-state index contributed by atoms with van der Waals surface area (Å²) < 4.78 is 24.1. The Morgan fingerprint density at radius 2 is 1.88 bits per heavy atom. The monoisotopic (exact) mass is 370 g/mol. The van der Waals surface area contributed by atoms with Crippen LogP contribution in [0.1, 0.15) is 30.1 Å². The summed E-state index contributed by atoms with van der Waals surface area (Å²) in [4.78, 5) is 24.0. The van der Waals surface area contributed by atoms with Crippen molar-refractivity contribution in [3.8, 4) is 17.2 Å². The number of aromatic hydroxyl groups is 2. The Hall–Kier alpha value is -2.65. The highest BCUT2D eigenvalue weighted by Gasteiger charge is 2.29. The van der Waals surface area contributed by atoms with Crippen molar-refractivity contribution in [2.75, 3.05) is 6.61 Å². The first-order valence-corrected chi connectivity index (χ1v) is 7.86. The van der Waals surface area contributed by atoms with Crippen LogP contribution in [0, 0.1) is 0 Å². The second-order valence-electron chi connectivity index (χ2n) is 5.86. The number of esters is 1. The second-order valence-corrected chi connectivity index (χ2v) is 5.86. The van der Waals surface area contributed by atoms with Gasteiger partial charge in [0, 0.05) is 25.0 Å². The minimum absolute atomic E-state index is 0.179. The molecule has 8 nitrogen and oxygen atoms in total. The molecule has 142 valence electrons. The lowest BCUT2D eigenvalue weighted by Gasteiger charge is -2.19. The van der Waals surface area contributed by atoms with Crippen molar-refractivity contribution >= 4 is 11.8 Å². The molecule has 0 saturated heterocycles. The predicted octanol–water partition coefficient (Wildman–Crippen LogP) is 0.960. The Kier molecular flexibility index (Phi) is 6.17. The first kappa shape index (κ1) is 19.7. The lowest BCUT2D eigenvalue weighted by Crippen LogP contribution is -2.35. The van der Waals surface area contributed by atoms with Gasteiger partial charge in [-0.25, -0.2) is 9.18 Å². The van der Waals surface area contributed by atoms with E-state index in [9.17, 15) is 34.4 Å². The van der Waals surface area contributed by atoms with E-state index in [2.05, 4.69) is 0 Å². The van der Waals surface area contributed by atoms with Crippen LogP contribution in [0.2, 0.25) is 0 Å². The topological polar surface area (TPSA) is 134 Å². The highest BCUT2D eigenvalue weighted by atomic mass is 19.1. The van der Waals surface area contributed by atoms with Gasteiger partial charge in [0.1, 0.15) is 35.0 Å². The predicted molar refractivity (Wildman–Crippen MR) is 85.6 cm³/mol. The van der Waals surface area contributed by atoms with E-state index in [0.29, 0.717) is 0 Å². The van der Waals surface area contributed by atoms with Crippen LogP contribution in [-0.2, 0) is 9.53 Å². The SMILES string of the molecule is C[C@H]1C/C=C(/F)C(=O)[C@@H](O)[C@@H](O)CCOc2cc(O)cc(O)c2C(=O)O1. The fourth-order valence-electron chi connectivity index (χ4n) is 2.33. The number of phenols is 2. The second kappa shape index (κ2) is 8.15. The van der Waals surface area contributed by atoms with Gasteiger partial charge in [0.05, 0.1) is 12.7 Å². The maximum atomic E-state index is 13.8. The van der Waals surface area contributed by atoms with Crippen LogP contribution in [0.15, 0.2) is 24.0 Å². The van der Waals surface area contributed by atoms with Crippen molar-refractivity contribution in [2.45, 2.75) is 38.1 Å². The third-order valence-electron chi connectivity index (χ3n) is 3.75. The quantitative estimate of drug-likeness (QED) is 0.496. The van der Waals surface area contributed by atoms with Crippen molar-refractivity contribution in [3.63, 3.8) is 0 Å². The van der Waals surface area contributed by atoms with Crippen LogP contribution in [0.25, 0.3) is 0 Å². The first-order valence-electron chi connectivity index (χ1n) is 7.86. The van der Waals surface area contributed by atoms with Gasteiger partial charge in [0.15, 0.2) is 5.83 Å². The lowest BCUT2D eigenvalue weighted by molar-refractivity contribution is -0.130. The number of cyclic esters (lactones) is 1. The van der Waals surface area contributed by atoms with Crippen molar-refractivity contribution in [2.24, 2.45) is 0 Å². The highest BCUT2D eigenvalue weighted by molar-refractivity contribution is 5.97. The van der Waals surface area contributed by atoms with Crippen LogP contribution in [-0.4, -0.2) is 57.1 Å². The summed E-state index contributed by atoms with van der Waals surface area (Å²) in [6.07, 6.45) is -4.07. The molecular formula is C17H19FO8. The summed E-state index contributed by atoms with van der Waals surface area (Å²) in [6.45, 7) is 1.14. The van der Waals surface area contributed by atoms with E-state index >= 15 is 0 Å². The lowest BCUT2D eigenvalue weighted by atomic mass is 10.0. The van der Waals surface area contributed by atoms with Gasteiger partial charge >= 0.3 is 5.97 Å². The zero-order chi connectivity index (χ0) is 19.4. The molecule has 9 heteroatoms. The molecule has 0 aliphatic carbocycles. The molecule has 1 heterocycles.